The lowest BCUT2D eigenvalue weighted by molar-refractivity contribution is 0.248. The van der Waals surface area contributed by atoms with E-state index in [9.17, 15) is 0 Å². The Kier molecular flexibility index (Phi) is 6.55. The fourth-order valence-corrected chi connectivity index (χ4v) is 3.05. The second-order valence-electron chi connectivity index (χ2n) is 6.25. The SMILES string of the molecule is CCCNC(CN1CCCC(C)CC1)c1ccccc1. The number of nitrogens with zero attached hydrogens (tertiary/aromatic N) is 1. The van der Waals surface area contributed by atoms with Crippen molar-refractivity contribution in [1.82, 2.24) is 10.2 Å². The lowest BCUT2D eigenvalue weighted by Gasteiger charge is -2.27. The number of hydrogen-bond acceptors (Lipinski definition) is 2. The second kappa shape index (κ2) is 8.43. The molecule has 112 valence electrons. The second-order valence-corrected chi connectivity index (χ2v) is 6.25. The Bertz CT molecular complexity index is 363. The zero-order valence-corrected chi connectivity index (χ0v) is 13.1. The summed E-state index contributed by atoms with van der Waals surface area (Å²) in [6, 6.07) is 11.4. The summed E-state index contributed by atoms with van der Waals surface area (Å²) in [7, 11) is 0. The number of hydrogen-bond donors (Lipinski definition) is 1. The quantitative estimate of drug-likeness (QED) is 0.847. The van der Waals surface area contributed by atoms with Crippen molar-refractivity contribution >= 4 is 0 Å². The molecule has 1 aromatic rings. The van der Waals surface area contributed by atoms with Gasteiger partial charge >= 0.3 is 0 Å². The van der Waals surface area contributed by atoms with Crippen molar-refractivity contribution in [1.29, 1.82) is 0 Å². The van der Waals surface area contributed by atoms with Crippen LogP contribution in [0.4, 0.5) is 0 Å². The number of rotatable bonds is 6. The summed E-state index contributed by atoms with van der Waals surface area (Å²) in [5, 5.41) is 3.72. The molecule has 0 spiro atoms. The lowest BCUT2D eigenvalue weighted by Crippen LogP contribution is -2.36. The molecule has 2 heteroatoms. The first-order chi connectivity index (χ1) is 9.79. The fraction of sp³-hybridized carbons (Fsp3) is 0.667. The molecule has 2 atom stereocenters. The first-order valence-electron chi connectivity index (χ1n) is 8.30. The van der Waals surface area contributed by atoms with Gasteiger partial charge in [-0.15, -0.1) is 0 Å². The zero-order valence-electron chi connectivity index (χ0n) is 13.1. The first-order valence-corrected chi connectivity index (χ1v) is 8.30. The Morgan fingerprint density at radius 3 is 2.75 bits per heavy atom. The summed E-state index contributed by atoms with van der Waals surface area (Å²) in [4.78, 5) is 2.66. The standard InChI is InChI=1S/C18H30N2/c1-3-12-19-18(17-9-5-4-6-10-17)15-20-13-7-8-16(2)11-14-20/h4-6,9-10,16,18-19H,3,7-8,11-15H2,1-2H3. The van der Waals surface area contributed by atoms with Crippen LogP contribution in [0.5, 0.6) is 0 Å². The van der Waals surface area contributed by atoms with Gasteiger partial charge in [0.2, 0.25) is 0 Å². The van der Waals surface area contributed by atoms with Crippen LogP contribution in [0.1, 0.15) is 51.1 Å². The minimum atomic E-state index is 0.476. The highest BCUT2D eigenvalue weighted by molar-refractivity contribution is 5.19. The predicted molar refractivity (Wildman–Crippen MR) is 86.9 cm³/mol. The molecule has 1 aliphatic heterocycles. The number of nitrogens with one attached hydrogen (secondary N) is 1. The first kappa shape index (κ1) is 15.5. The summed E-state index contributed by atoms with van der Waals surface area (Å²) in [6.45, 7) is 9.41. The van der Waals surface area contributed by atoms with Gasteiger partial charge in [-0.3, -0.25) is 0 Å². The molecule has 0 aliphatic carbocycles. The van der Waals surface area contributed by atoms with E-state index >= 15 is 0 Å². The van der Waals surface area contributed by atoms with Gasteiger partial charge < -0.3 is 10.2 Å². The fourth-order valence-electron chi connectivity index (χ4n) is 3.05. The van der Waals surface area contributed by atoms with Crippen LogP contribution in [0.15, 0.2) is 30.3 Å². The molecule has 1 saturated heterocycles. The van der Waals surface area contributed by atoms with Crippen LogP contribution in [-0.4, -0.2) is 31.1 Å². The van der Waals surface area contributed by atoms with Gasteiger partial charge in [0, 0.05) is 12.6 Å². The van der Waals surface area contributed by atoms with Crippen molar-refractivity contribution in [2.75, 3.05) is 26.2 Å². The molecule has 1 aliphatic rings. The highest BCUT2D eigenvalue weighted by atomic mass is 15.1. The van der Waals surface area contributed by atoms with E-state index in [1.165, 1.54) is 44.3 Å². The molecule has 0 radical (unpaired) electrons. The van der Waals surface area contributed by atoms with Crippen molar-refractivity contribution in [3.8, 4) is 0 Å². The van der Waals surface area contributed by atoms with E-state index in [0.717, 1.165) is 19.0 Å². The summed E-state index contributed by atoms with van der Waals surface area (Å²) >= 11 is 0. The maximum Gasteiger partial charge on any atom is 0.0449 e. The van der Waals surface area contributed by atoms with Crippen molar-refractivity contribution in [2.45, 2.75) is 45.6 Å². The topological polar surface area (TPSA) is 15.3 Å². The van der Waals surface area contributed by atoms with Crippen molar-refractivity contribution in [3.05, 3.63) is 35.9 Å². The molecule has 20 heavy (non-hydrogen) atoms. The third kappa shape index (κ3) is 4.92. The Labute approximate surface area is 124 Å². The number of likely N-dealkylation sites (tertiary alicyclic amines) is 1. The van der Waals surface area contributed by atoms with Crippen LogP contribution < -0.4 is 5.32 Å². The van der Waals surface area contributed by atoms with Crippen molar-refractivity contribution in [3.63, 3.8) is 0 Å². The van der Waals surface area contributed by atoms with E-state index in [4.69, 9.17) is 0 Å². The molecule has 1 N–H and O–H groups in total. The molecule has 0 bridgehead atoms. The Balaban J connectivity index is 1.96. The van der Waals surface area contributed by atoms with E-state index in [0.29, 0.717) is 6.04 Å². The van der Waals surface area contributed by atoms with Crippen LogP contribution >= 0.6 is 0 Å². The van der Waals surface area contributed by atoms with Gasteiger partial charge in [0.25, 0.3) is 0 Å². The third-order valence-corrected chi connectivity index (χ3v) is 4.39. The molecule has 2 nitrogen and oxygen atoms in total. The van der Waals surface area contributed by atoms with Crippen molar-refractivity contribution in [2.24, 2.45) is 5.92 Å². The Hall–Kier alpha value is -0.860. The minimum Gasteiger partial charge on any atom is -0.309 e. The normalized spacial score (nSPS) is 22.4. The van der Waals surface area contributed by atoms with Gasteiger partial charge in [-0.05, 0) is 56.8 Å². The van der Waals surface area contributed by atoms with E-state index < -0.39 is 0 Å². The molecule has 0 amide bonds. The lowest BCUT2D eigenvalue weighted by atomic mass is 10.0. The van der Waals surface area contributed by atoms with Crippen molar-refractivity contribution < 1.29 is 0 Å². The predicted octanol–water partition coefficient (Wildman–Crippen LogP) is 3.85. The smallest absolute Gasteiger partial charge is 0.0449 e. The molecule has 1 aromatic carbocycles. The van der Waals surface area contributed by atoms with Gasteiger partial charge in [0.05, 0.1) is 0 Å². The highest BCUT2D eigenvalue weighted by Gasteiger charge is 2.18. The van der Waals surface area contributed by atoms with E-state index in [2.05, 4.69) is 54.4 Å². The van der Waals surface area contributed by atoms with Crippen LogP contribution in [0, 0.1) is 5.92 Å². The molecule has 2 rings (SSSR count). The monoisotopic (exact) mass is 274 g/mol. The maximum atomic E-state index is 3.72. The summed E-state index contributed by atoms with van der Waals surface area (Å²) in [6.07, 6.45) is 5.31. The summed E-state index contributed by atoms with van der Waals surface area (Å²) < 4.78 is 0. The molecule has 2 unspecified atom stereocenters. The summed E-state index contributed by atoms with van der Waals surface area (Å²) in [5.41, 5.74) is 1.43. The highest BCUT2D eigenvalue weighted by Crippen LogP contribution is 2.20. The van der Waals surface area contributed by atoms with Crippen LogP contribution in [-0.2, 0) is 0 Å². The minimum absolute atomic E-state index is 0.476. The zero-order chi connectivity index (χ0) is 14.2. The number of benzene rings is 1. The van der Waals surface area contributed by atoms with Gasteiger partial charge in [0.15, 0.2) is 0 Å². The molecule has 0 saturated carbocycles. The van der Waals surface area contributed by atoms with Crippen LogP contribution in [0.3, 0.4) is 0 Å². The molecule has 1 heterocycles. The van der Waals surface area contributed by atoms with Gasteiger partial charge in [0.1, 0.15) is 0 Å². The van der Waals surface area contributed by atoms with Gasteiger partial charge in [-0.1, -0.05) is 44.2 Å². The maximum absolute atomic E-state index is 3.72. The average Bonchev–Trinajstić information content (AvgIpc) is 2.69. The largest absolute Gasteiger partial charge is 0.309 e. The molecular formula is C18H30N2. The van der Waals surface area contributed by atoms with Crippen LogP contribution in [0.2, 0.25) is 0 Å². The Morgan fingerprint density at radius 2 is 2.00 bits per heavy atom. The Morgan fingerprint density at radius 1 is 1.20 bits per heavy atom. The van der Waals surface area contributed by atoms with Gasteiger partial charge in [-0.2, -0.15) is 0 Å². The van der Waals surface area contributed by atoms with E-state index in [1.54, 1.807) is 0 Å². The van der Waals surface area contributed by atoms with E-state index in [1.807, 2.05) is 0 Å². The van der Waals surface area contributed by atoms with Crippen LogP contribution in [0.25, 0.3) is 0 Å². The average molecular weight is 274 g/mol. The molecule has 1 fully saturated rings. The third-order valence-electron chi connectivity index (χ3n) is 4.39. The molecule has 0 aromatic heterocycles. The van der Waals surface area contributed by atoms with E-state index in [-0.39, 0.29) is 0 Å². The molecular weight excluding hydrogens is 244 g/mol. The van der Waals surface area contributed by atoms with Gasteiger partial charge in [-0.25, -0.2) is 0 Å². The summed E-state index contributed by atoms with van der Waals surface area (Å²) in [5.74, 6) is 0.902.